The SMILES string of the molecule is CCOc1cc(Br)cc(Br)c1B(c1c(Br)cc(Br)cc1OCC)c1c(Br)cc(Br)cc1OCC. The molecular formula is C24H21BBr6O3. The smallest absolute Gasteiger partial charge is 0.260 e. The lowest BCUT2D eigenvalue weighted by molar-refractivity contribution is 0.341. The minimum Gasteiger partial charge on any atom is -0.494 e. The molecule has 0 saturated carbocycles. The molecule has 0 spiro atoms. The van der Waals surface area contributed by atoms with Gasteiger partial charge in [0.05, 0.1) is 19.8 Å². The van der Waals surface area contributed by atoms with Gasteiger partial charge < -0.3 is 14.2 Å². The summed E-state index contributed by atoms with van der Waals surface area (Å²) in [6.07, 6.45) is 0. The van der Waals surface area contributed by atoms with Crippen molar-refractivity contribution < 1.29 is 14.2 Å². The zero-order valence-electron chi connectivity index (χ0n) is 18.7. The maximum Gasteiger partial charge on any atom is 0.260 e. The van der Waals surface area contributed by atoms with Gasteiger partial charge in [0.1, 0.15) is 17.2 Å². The second-order valence-electron chi connectivity index (χ2n) is 7.13. The van der Waals surface area contributed by atoms with E-state index in [1.54, 1.807) is 0 Å². The monoisotopic (exact) mass is 842 g/mol. The molecule has 3 nitrogen and oxygen atoms in total. The van der Waals surface area contributed by atoms with Crippen LogP contribution in [-0.4, -0.2) is 26.5 Å². The number of halogens is 6. The van der Waals surface area contributed by atoms with Crippen molar-refractivity contribution in [3.05, 3.63) is 63.2 Å². The molecule has 0 radical (unpaired) electrons. The molecule has 0 fully saturated rings. The summed E-state index contributed by atoms with van der Waals surface area (Å²) in [5, 5.41) is 0. The summed E-state index contributed by atoms with van der Waals surface area (Å²) in [6.45, 7) is 7.24. The van der Waals surface area contributed by atoms with E-state index in [0.717, 1.165) is 60.5 Å². The Hall–Kier alpha value is 0.00494. The van der Waals surface area contributed by atoms with E-state index in [-0.39, 0.29) is 6.71 Å². The molecule has 3 rings (SSSR count). The summed E-state index contributed by atoms with van der Waals surface area (Å²) in [5.41, 5.74) is 2.91. The van der Waals surface area contributed by atoms with Crippen LogP contribution in [0, 0.1) is 0 Å². The van der Waals surface area contributed by atoms with Crippen LogP contribution >= 0.6 is 95.6 Å². The van der Waals surface area contributed by atoms with Crippen molar-refractivity contribution in [2.45, 2.75) is 20.8 Å². The summed E-state index contributed by atoms with van der Waals surface area (Å²) in [7, 11) is 0. The van der Waals surface area contributed by atoms with Gasteiger partial charge in [-0.1, -0.05) is 95.6 Å². The molecule has 0 aromatic heterocycles. The lowest BCUT2D eigenvalue weighted by Crippen LogP contribution is -2.55. The minimum atomic E-state index is -0.294. The van der Waals surface area contributed by atoms with Gasteiger partial charge in [0, 0.05) is 26.8 Å². The van der Waals surface area contributed by atoms with Crippen molar-refractivity contribution in [1.29, 1.82) is 0 Å². The highest BCUT2D eigenvalue weighted by Gasteiger charge is 2.36. The zero-order valence-corrected chi connectivity index (χ0v) is 28.2. The van der Waals surface area contributed by atoms with E-state index in [9.17, 15) is 0 Å². The Morgan fingerprint density at radius 2 is 0.765 bits per heavy atom. The molecule has 3 aromatic carbocycles. The molecule has 0 unspecified atom stereocenters. The van der Waals surface area contributed by atoms with Gasteiger partial charge in [-0.05, 0) is 73.6 Å². The second-order valence-corrected chi connectivity index (χ2v) is 12.4. The molecule has 3 aromatic rings. The molecule has 0 heterocycles. The third-order valence-electron chi connectivity index (χ3n) is 4.93. The van der Waals surface area contributed by atoms with Gasteiger partial charge in [-0.25, -0.2) is 0 Å². The van der Waals surface area contributed by atoms with Gasteiger partial charge in [0.25, 0.3) is 6.71 Å². The maximum atomic E-state index is 6.16. The van der Waals surface area contributed by atoms with Crippen LogP contribution in [0.15, 0.2) is 63.2 Å². The fourth-order valence-corrected chi connectivity index (χ4v) is 8.03. The fourth-order valence-electron chi connectivity index (χ4n) is 3.78. The van der Waals surface area contributed by atoms with E-state index in [4.69, 9.17) is 14.2 Å². The molecule has 0 bridgehead atoms. The molecule has 0 aliphatic heterocycles. The van der Waals surface area contributed by atoms with Crippen LogP contribution in [0.2, 0.25) is 0 Å². The van der Waals surface area contributed by atoms with Crippen LogP contribution in [0.3, 0.4) is 0 Å². The number of rotatable bonds is 9. The maximum absolute atomic E-state index is 6.16. The first-order valence-electron chi connectivity index (χ1n) is 10.6. The average molecular weight is 848 g/mol. The molecule has 180 valence electrons. The molecule has 0 N–H and O–H groups in total. The van der Waals surface area contributed by atoms with Gasteiger partial charge >= 0.3 is 0 Å². The van der Waals surface area contributed by atoms with Crippen molar-refractivity contribution in [3.63, 3.8) is 0 Å². The van der Waals surface area contributed by atoms with E-state index in [1.807, 2.05) is 57.2 Å². The van der Waals surface area contributed by atoms with E-state index < -0.39 is 0 Å². The standard InChI is InChI=1S/C24H21BBr6O3/c1-4-32-19-10-13(26)7-16(29)22(19)25(23-17(30)8-14(27)11-20(23)33-5-2)24-18(31)9-15(28)12-21(24)34-6-3/h7-12H,4-6H2,1-3H3. The Bertz CT molecular complexity index is 1040. The van der Waals surface area contributed by atoms with Crippen LogP contribution in [0.25, 0.3) is 0 Å². The molecule has 34 heavy (non-hydrogen) atoms. The van der Waals surface area contributed by atoms with Gasteiger partial charge in [0.15, 0.2) is 0 Å². The van der Waals surface area contributed by atoms with E-state index in [0.29, 0.717) is 19.8 Å². The van der Waals surface area contributed by atoms with Crippen LogP contribution in [-0.2, 0) is 0 Å². The van der Waals surface area contributed by atoms with Crippen molar-refractivity contribution in [2.24, 2.45) is 0 Å². The van der Waals surface area contributed by atoms with Gasteiger partial charge in [-0.15, -0.1) is 0 Å². The van der Waals surface area contributed by atoms with Crippen LogP contribution < -0.4 is 30.6 Å². The Labute approximate surface area is 251 Å². The third-order valence-corrected chi connectivity index (χ3v) is 8.28. The van der Waals surface area contributed by atoms with Crippen molar-refractivity contribution in [3.8, 4) is 17.2 Å². The highest BCUT2D eigenvalue weighted by atomic mass is 79.9. The Balaban J connectivity index is 2.50. The van der Waals surface area contributed by atoms with Gasteiger partial charge in [-0.2, -0.15) is 0 Å². The summed E-state index contributed by atoms with van der Waals surface area (Å²) < 4.78 is 24.0. The van der Waals surface area contributed by atoms with Crippen molar-refractivity contribution in [1.82, 2.24) is 0 Å². The molecule has 0 saturated heterocycles. The van der Waals surface area contributed by atoms with Crippen LogP contribution in [0.1, 0.15) is 20.8 Å². The summed E-state index contributed by atoms with van der Waals surface area (Å²) in [6, 6.07) is 12.1. The largest absolute Gasteiger partial charge is 0.494 e. The van der Waals surface area contributed by atoms with Crippen molar-refractivity contribution >= 4 is 119 Å². The molecule has 0 atom stereocenters. The van der Waals surface area contributed by atoms with Gasteiger partial charge in [-0.3, -0.25) is 0 Å². The summed E-state index contributed by atoms with van der Waals surface area (Å²) >= 11 is 22.3. The molecule has 0 aliphatic carbocycles. The van der Waals surface area contributed by atoms with Gasteiger partial charge in [0.2, 0.25) is 0 Å². The molecule has 0 amide bonds. The van der Waals surface area contributed by atoms with Crippen LogP contribution in [0.4, 0.5) is 0 Å². The topological polar surface area (TPSA) is 27.7 Å². The fraction of sp³-hybridized carbons (Fsp3) is 0.250. The normalized spacial score (nSPS) is 10.9. The molecular weight excluding hydrogens is 826 g/mol. The number of hydrogen-bond acceptors (Lipinski definition) is 3. The first-order valence-corrected chi connectivity index (χ1v) is 15.3. The van der Waals surface area contributed by atoms with Crippen molar-refractivity contribution in [2.75, 3.05) is 19.8 Å². The Morgan fingerprint density at radius 1 is 0.500 bits per heavy atom. The van der Waals surface area contributed by atoms with Crippen LogP contribution in [0.5, 0.6) is 17.2 Å². The number of hydrogen-bond donors (Lipinski definition) is 0. The molecule has 0 aliphatic rings. The number of ether oxygens (including phenoxy) is 3. The second kappa shape index (κ2) is 13.0. The zero-order chi connectivity index (χ0) is 25.0. The third kappa shape index (κ3) is 6.46. The average Bonchev–Trinajstić information content (AvgIpc) is 2.72. The lowest BCUT2D eigenvalue weighted by atomic mass is 9.36. The molecule has 10 heteroatoms. The lowest BCUT2D eigenvalue weighted by Gasteiger charge is -2.26. The minimum absolute atomic E-state index is 0.294. The predicted octanol–water partition coefficient (Wildman–Crippen LogP) is 7.97. The number of benzene rings is 3. The highest BCUT2D eigenvalue weighted by molar-refractivity contribution is 9.11. The first-order chi connectivity index (χ1) is 16.2. The Morgan fingerprint density at radius 3 is 1.00 bits per heavy atom. The van der Waals surface area contributed by atoms with E-state index >= 15 is 0 Å². The Kier molecular flexibility index (Phi) is 10.9. The van der Waals surface area contributed by atoms with E-state index in [1.165, 1.54) is 0 Å². The van der Waals surface area contributed by atoms with E-state index in [2.05, 4.69) is 95.6 Å². The predicted molar refractivity (Wildman–Crippen MR) is 164 cm³/mol. The quantitative estimate of drug-likeness (QED) is 0.205. The summed E-state index contributed by atoms with van der Waals surface area (Å²) in [4.78, 5) is 0. The first kappa shape index (κ1) is 28.6. The highest BCUT2D eigenvalue weighted by Crippen LogP contribution is 2.32. The summed E-state index contributed by atoms with van der Waals surface area (Å²) in [5.74, 6) is 2.30.